The molecule has 2 aromatic rings. The smallest absolute Gasteiger partial charge is 0.131 e. The van der Waals surface area contributed by atoms with Crippen molar-refractivity contribution in [1.29, 1.82) is 0 Å². The van der Waals surface area contributed by atoms with Gasteiger partial charge in [-0.25, -0.2) is 4.98 Å². The molecule has 0 aliphatic rings. The summed E-state index contributed by atoms with van der Waals surface area (Å²) in [6, 6.07) is 9.73. The maximum atomic E-state index is 5.31. The van der Waals surface area contributed by atoms with Gasteiger partial charge in [-0.05, 0) is 25.0 Å². The number of benzene rings is 1. The summed E-state index contributed by atoms with van der Waals surface area (Å²) in [4.78, 5) is 4.42. The molecule has 2 heteroatoms. The van der Waals surface area contributed by atoms with E-state index in [1.165, 1.54) is 0 Å². The average molecular weight is 197 g/mol. The fraction of sp³-hybridized carbons (Fsp3) is 0.154. The van der Waals surface area contributed by atoms with Crippen LogP contribution in [-0.2, 0) is 0 Å². The molecule has 0 aliphatic heterocycles. The second-order valence-corrected chi connectivity index (χ2v) is 3.10. The van der Waals surface area contributed by atoms with E-state index in [0.29, 0.717) is 0 Å². The number of hydrogen-bond acceptors (Lipinski definition) is 2. The molecule has 74 valence electrons. The van der Waals surface area contributed by atoms with Gasteiger partial charge in [0.15, 0.2) is 0 Å². The van der Waals surface area contributed by atoms with E-state index in [4.69, 9.17) is 4.74 Å². The highest BCUT2D eigenvalue weighted by Gasteiger charge is 2.03. The van der Waals surface area contributed by atoms with Crippen LogP contribution in [0.15, 0.2) is 30.3 Å². The monoisotopic (exact) mass is 197 g/mol. The van der Waals surface area contributed by atoms with Gasteiger partial charge in [-0.15, -0.1) is 0 Å². The van der Waals surface area contributed by atoms with Gasteiger partial charge in [-0.1, -0.05) is 18.1 Å². The third-order valence-electron chi connectivity index (χ3n) is 2.15. The van der Waals surface area contributed by atoms with Gasteiger partial charge in [-0.2, -0.15) is 0 Å². The fourth-order valence-electron chi connectivity index (χ4n) is 1.50. The minimum absolute atomic E-state index is 0.744. The van der Waals surface area contributed by atoms with E-state index in [-0.39, 0.29) is 0 Å². The zero-order valence-corrected chi connectivity index (χ0v) is 8.74. The molecule has 0 aliphatic carbocycles. The Morgan fingerprint density at radius 3 is 2.80 bits per heavy atom. The Morgan fingerprint density at radius 2 is 2.07 bits per heavy atom. The molecule has 0 N–H and O–H groups in total. The van der Waals surface area contributed by atoms with E-state index >= 15 is 0 Å². The number of para-hydroxylation sites is 1. The van der Waals surface area contributed by atoms with Gasteiger partial charge in [0.2, 0.25) is 0 Å². The molecule has 0 bridgehead atoms. The van der Waals surface area contributed by atoms with Crippen LogP contribution < -0.4 is 4.74 Å². The summed E-state index contributed by atoms with van der Waals surface area (Å²) in [7, 11) is 1.66. The van der Waals surface area contributed by atoms with E-state index in [2.05, 4.69) is 16.8 Å². The molecular formula is C13H11NO. The van der Waals surface area contributed by atoms with Crippen molar-refractivity contribution in [2.45, 2.75) is 6.92 Å². The normalized spacial score (nSPS) is 9.47. The van der Waals surface area contributed by atoms with Gasteiger partial charge in [0.25, 0.3) is 0 Å². The van der Waals surface area contributed by atoms with Gasteiger partial charge >= 0.3 is 0 Å². The first kappa shape index (κ1) is 9.54. The number of aromatic nitrogens is 1. The van der Waals surface area contributed by atoms with Gasteiger partial charge in [0.05, 0.1) is 12.6 Å². The molecule has 15 heavy (non-hydrogen) atoms. The van der Waals surface area contributed by atoms with E-state index < -0.39 is 0 Å². The number of nitrogens with zero attached hydrogens (tertiary/aromatic N) is 1. The number of methoxy groups -OCH3 is 1. The molecule has 2 rings (SSSR count). The zero-order valence-electron chi connectivity index (χ0n) is 8.74. The highest BCUT2D eigenvalue weighted by Crippen LogP contribution is 2.24. The summed E-state index contributed by atoms with van der Waals surface area (Å²) >= 11 is 0. The summed E-state index contributed by atoms with van der Waals surface area (Å²) in [6.45, 7) is 1.79. The van der Waals surface area contributed by atoms with Crippen molar-refractivity contribution < 1.29 is 4.74 Å². The predicted octanol–water partition coefficient (Wildman–Crippen LogP) is 2.61. The molecule has 0 spiro atoms. The van der Waals surface area contributed by atoms with Crippen LogP contribution in [0.3, 0.4) is 0 Å². The molecule has 0 fully saturated rings. The van der Waals surface area contributed by atoms with Crippen LogP contribution in [0.25, 0.3) is 10.9 Å². The van der Waals surface area contributed by atoms with Crippen molar-refractivity contribution in [3.05, 3.63) is 36.0 Å². The van der Waals surface area contributed by atoms with Crippen LogP contribution in [0.4, 0.5) is 0 Å². The van der Waals surface area contributed by atoms with Gasteiger partial charge in [0.1, 0.15) is 11.4 Å². The van der Waals surface area contributed by atoms with E-state index in [0.717, 1.165) is 22.3 Å². The first-order valence-electron chi connectivity index (χ1n) is 4.71. The quantitative estimate of drug-likeness (QED) is 0.655. The van der Waals surface area contributed by atoms with E-state index in [1.807, 2.05) is 30.3 Å². The number of rotatable bonds is 1. The molecule has 1 aromatic carbocycles. The average Bonchev–Trinajstić information content (AvgIpc) is 2.28. The molecule has 0 saturated carbocycles. The number of ether oxygens (including phenoxy) is 1. The Morgan fingerprint density at radius 1 is 1.27 bits per heavy atom. The van der Waals surface area contributed by atoms with Crippen molar-refractivity contribution in [3.8, 4) is 17.6 Å². The van der Waals surface area contributed by atoms with Crippen molar-refractivity contribution in [1.82, 2.24) is 4.98 Å². The van der Waals surface area contributed by atoms with Crippen LogP contribution in [0.5, 0.6) is 5.75 Å². The molecule has 0 atom stereocenters. The molecule has 1 aromatic heterocycles. The largest absolute Gasteiger partial charge is 0.496 e. The standard InChI is InChI=1S/C13H11NO/c1-3-6-10-9-13(15-2)11-7-4-5-8-12(11)14-10/h4-5,7-9H,1-2H3. The SMILES string of the molecule is CC#Cc1cc(OC)c2ccccc2n1. The van der Waals surface area contributed by atoms with Crippen LogP contribution in [-0.4, -0.2) is 12.1 Å². The summed E-state index contributed by atoms with van der Waals surface area (Å²) < 4.78 is 5.31. The topological polar surface area (TPSA) is 22.1 Å². The molecule has 0 unspecified atom stereocenters. The minimum atomic E-state index is 0.744. The lowest BCUT2D eigenvalue weighted by atomic mass is 10.2. The van der Waals surface area contributed by atoms with Crippen LogP contribution in [0.1, 0.15) is 12.6 Å². The Hall–Kier alpha value is -2.01. The molecular weight excluding hydrogens is 186 g/mol. The van der Waals surface area contributed by atoms with Crippen LogP contribution in [0, 0.1) is 11.8 Å². The summed E-state index contributed by atoms with van der Waals surface area (Å²) in [5.41, 5.74) is 1.66. The lowest BCUT2D eigenvalue weighted by Crippen LogP contribution is -1.90. The lowest BCUT2D eigenvalue weighted by molar-refractivity contribution is 0.419. The first-order chi connectivity index (χ1) is 7.35. The third-order valence-corrected chi connectivity index (χ3v) is 2.15. The molecule has 1 heterocycles. The van der Waals surface area contributed by atoms with Crippen LogP contribution >= 0.6 is 0 Å². The van der Waals surface area contributed by atoms with E-state index in [9.17, 15) is 0 Å². The molecule has 0 amide bonds. The maximum Gasteiger partial charge on any atom is 0.131 e. The number of fused-ring (bicyclic) bond motifs is 1. The summed E-state index contributed by atoms with van der Waals surface area (Å²) in [6.07, 6.45) is 0. The summed E-state index contributed by atoms with van der Waals surface area (Å²) in [5, 5.41) is 1.02. The van der Waals surface area contributed by atoms with Crippen molar-refractivity contribution in [2.24, 2.45) is 0 Å². The van der Waals surface area contributed by atoms with Gasteiger partial charge in [0, 0.05) is 11.5 Å². The maximum absolute atomic E-state index is 5.31. The third kappa shape index (κ3) is 1.77. The predicted molar refractivity (Wildman–Crippen MR) is 60.8 cm³/mol. The summed E-state index contributed by atoms with van der Waals surface area (Å²) in [5.74, 6) is 6.58. The molecule has 0 saturated heterocycles. The Kier molecular flexibility index (Phi) is 2.55. The Bertz CT molecular complexity index is 549. The van der Waals surface area contributed by atoms with E-state index in [1.54, 1.807) is 14.0 Å². The minimum Gasteiger partial charge on any atom is -0.496 e. The second-order valence-electron chi connectivity index (χ2n) is 3.10. The lowest BCUT2D eigenvalue weighted by Gasteiger charge is -2.05. The molecule has 0 radical (unpaired) electrons. The number of pyridine rings is 1. The van der Waals surface area contributed by atoms with Crippen molar-refractivity contribution in [2.75, 3.05) is 7.11 Å². The first-order valence-corrected chi connectivity index (χ1v) is 4.71. The Labute approximate surface area is 88.9 Å². The highest BCUT2D eigenvalue weighted by molar-refractivity contribution is 5.85. The fourth-order valence-corrected chi connectivity index (χ4v) is 1.50. The Balaban J connectivity index is 2.74. The second kappa shape index (κ2) is 4.02. The van der Waals surface area contributed by atoms with Gasteiger partial charge in [-0.3, -0.25) is 0 Å². The zero-order chi connectivity index (χ0) is 10.7. The van der Waals surface area contributed by atoms with Gasteiger partial charge < -0.3 is 4.74 Å². The van der Waals surface area contributed by atoms with Crippen molar-refractivity contribution in [3.63, 3.8) is 0 Å². The highest BCUT2D eigenvalue weighted by atomic mass is 16.5. The van der Waals surface area contributed by atoms with Crippen LogP contribution in [0.2, 0.25) is 0 Å². The number of hydrogen-bond donors (Lipinski definition) is 0. The van der Waals surface area contributed by atoms with Crippen molar-refractivity contribution >= 4 is 10.9 Å². The molecule has 2 nitrogen and oxygen atoms in total.